The van der Waals surface area contributed by atoms with Crippen molar-refractivity contribution in [3.8, 4) is 11.5 Å². The van der Waals surface area contributed by atoms with E-state index in [-0.39, 0.29) is 12.1 Å². The van der Waals surface area contributed by atoms with Crippen LogP contribution in [0.25, 0.3) is 0 Å². The van der Waals surface area contributed by atoms with E-state index in [2.05, 4.69) is 10.2 Å². The number of hydrogen-bond acceptors (Lipinski definition) is 6. The van der Waals surface area contributed by atoms with E-state index in [1.165, 1.54) is 11.3 Å². The number of nitrogens with zero attached hydrogens (tertiary/aromatic N) is 2. The first kappa shape index (κ1) is 12.4. The van der Waals surface area contributed by atoms with Gasteiger partial charge in [-0.3, -0.25) is 0 Å². The van der Waals surface area contributed by atoms with E-state index in [4.69, 9.17) is 15.2 Å². The van der Waals surface area contributed by atoms with Crippen molar-refractivity contribution in [3.63, 3.8) is 0 Å². The second-order valence-electron chi connectivity index (χ2n) is 4.36. The number of benzene rings is 1. The summed E-state index contributed by atoms with van der Waals surface area (Å²) in [6, 6.07) is 7.57. The fraction of sp³-hybridized carbons (Fsp3) is 0.385. The molecule has 2 N–H and O–H groups in total. The number of nitrogens with two attached hydrogens (primary N) is 1. The Labute approximate surface area is 115 Å². The zero-order valence-electron chi connectivity index (χ0n) is 10.6. The maximum Gasteiger partial charge on any atom is 0.186 e. The highest BCUT2D eigenvalue weighted by Crippen LogP contribution is 2.36. The lowest BCUT2D eigenvalue weighted by Gasteiger charge is -2.24. The summed E-state index contributed by atoms with van der Waals surface area (Å²) >= 11 is 1.49. The van der Waals surface area contributed by atoms with Crippen molar-refractivity contribution in [1.29, 1.82) is 0 Å². The van der Waals surface area contributed by atoms with E-state index in [1.54, 1.807) is 0 Å². The molecule has 0 aliphatic carbocycles. The monoisotopic (exact) mass is 277 g/mol. The minimum absolute atomic E-state index is 0.0527. The maximum atomic E-state index is 5.95. The summed E-state index contributed by atoms with van der Waals surface area (Å²) in [6.07, 6.45) is 0.643. The lowest BCUT2D eigenvalue weighted by Crippen LogP contribution is -2.21. The van der Waals surface area contributed by atoms with Gasteiger partial charge in [-0.25, -0.2) is 0 Å². The summed E-state index contributed by atoms with van der Waals surface area (Å²) in [6.45, 7) is 2.48. The number of rotatable bonds is 3. The molecule has 0 radical (unpaired) electrons. The van der Waals surface area contributed by atoms with Crippen LogP contribution in [0.3, 0.4) is 0 Å². The summed E-state index contributed by atoms with van der Waals surface area (Å²) < 4.78 is 11.6. The summed E-state index contributed by atoms with van der Waals surface area (Å²) in [4.78, 5) is 0. The number of aromatic nitrogens is 2. The highest BCUT2D eigenvalue weighted by molar-refractivity contribution is 7.11. The van der Waals surface area contributed by atoms with Crippen LogP contribution in [-0.2, 0) is 0 Å². The fourth-order valence-electron chi connectivity index (χ4n) is 1.84. The van der Waals surface area contributed by atoms with Crippen molar-refractivity contribution in [2.45, 2.75) is 25.5 Å². The number of ether oxygens (including phenoxy) is 2. The Bertz CT molecular complexity index is 573. The van der Waals surface area contributed by atoms with Crippen molar-refractivity contribution in [1.82, 2.24) is 10.2 Å². The molecule has 1 aromatic heterocycles. The first-order valence-corrected chi connectivity index (χ1v) is 7.07. The molecule has 1 aliphatic heterocycles. The molecule has 3 rings (SSSR count). The molecule has 5 nitrogen and oxygen atoms in total. The van der Waals surface area contributed by atoms with Crippen molar-refractivity contribution >= 4 is 11.3 Å². The molecule has 0 bridgehead atoms. The fourth-order valence-corrected chi connectivity index (χ4v) is 2.79. The van der Waals surface area contributed by atoms with E-state index in [9.17, 15) is 0 Å². The van der Waals surface area contributed by atoms with Gasteiger partial charge >= 0.3 is 0 Å². The third kappa shape index (κ3) is 2.41. The zero-order chi connectivity index (χ0) is 13.2. The lowest BCUT2D eigenvalue weighted by molar-refractivity contribution is 0.0906. The Balaban J connectivity index is 1.79. The molecule has 1 aliphatic rings. The molecule has 2 heterocycles. The maximum absolute atomic E-state index is 5.95. The van der Waals surface area contributed by atoms with Crippen molar-refractivity contribution in [2.75, 3.05) is 6.61 Å². The van der Waals surface area contributed by atoms with Gasteiger partial charge < -0.3 is 15.2 Å². The first-order chi connectivity index (χ1) is 9.28. The molecule has 2 unspecified atom stereocenters. The largest absolute Gasteiger partial charge is 0.485 e. The minimum Gasteiger partial charge on any atom is -0.485 e. The summed E-state index contributed by atoms with van der Waals surface area (Å²) in [5.41, 5.74) is 5.95. The van der Waals surface area contributed by atoms with Gasteiger partial charge in [-0.15, -0.1) is 10.2 Å². The van der Waals surface area contributed by atoms with Gasteiger partial charge in [-0.1, -0.05) is 30.4 Å². The summed E-state index contributed by atoms with van der Waals surface area (Å²) in [7, 11) is 0. The topological polar surface area (TPSA) is 70.3 Å². The molecule has 19 heavy (non-hydrogen) atoms. The van der Waals surface area contributed by atoms with Gasteiger partial charge in [-0.05, 0) is 18.6 Å². The first-order valence-electron chi connectivity index (χ1n) is 6.25. The second-order valence-corrected chi connectivity index (χ2v) is 5.40. The van der Waals surface area contributed by atoms with Crippen LogP contribution in [0.2, 0.25) is 0 Å². The Hall–Kier alpha value is -1.66. The van der Waals surface area contributed by atoms with Gasteiger partial charge in [0.15, 0.2) is 22.6 Å². The quantitative estimate of drug-likeness (QED) is 0.933. The van der Waals surface area contributed by atoms with E-state index < -0.39 is 0 Å². The Kier molecular flexibility index (Phi) is 3.35. The van der Waals surface area contributed by atoms with Crippen molar-refractivity contribution < 1.29 is 9.47 Å². The average Bonchev–Trinajstić information content (AvgIpc) is 2.95. The normalized spacial score (nSPS) is 19.2. The average molecular weight is 277 g/mol. The van der Waals surface area contributed by atoms with Crippen molar-refractivity contribution in [3.05, 3.63) is 34.3 Å². The molecular formula is C13H15N3O2S. The van der Waals surface area contributed by atoms with Crippen LogP contribution < -0.4 is 15.2 Å². The van der Waals surface area contributed by atoms with Gasteiger partial charge in [0.2, 0.25) is 0 Å². The molecule has 0 amide bonds. The van der Waals surface area contributed by atoms with Crippen LogP contribution in [0.4, 0.5) is 0 Å². The van der Waals surface area contributed by atoms with Gasteiger partial charge in [0.1, 0.15) is 11.6 Å². The molecule has 0 spiro atoms. The molecule has 0 fully saturated rings. The predicted octanol–water partition coefficient (Wildman–Crippen LogP) is 2.46. The van der Waals surface area contributed by atoms with Gasteiger partial charge in [0.05, 0.1) is 6.04 Å². The SMILES string of the molecule is CCC(N)c1nnc(C2COc3ccccc3O2)s1. The standard InChI is InChI=1S/C13H15N3O2S/c1-2-8(14)12-15-16-13(19-12)11-7-17-9-5-3-4-6-10(9)18-11/h3-6,8,11H,2,7,14H2,1H3. The molecular weight excluding hydrogens is 262 g/mol. The molecule has 2 atom stereocenters. The summed E-state index contributed by atoms with van der Waals surface area (Å²) in [5, 5.41) is 9.95. The van der Waals surface area contributed by atoms with Crippen LogP contribution in [0, 0.1) is 0 Å². The molecule has 0 saturated carbocycles. The molecule has 100 valence electrons. The third-order valence-corrected chi connectivity index (χ3v) is 4.14. The van der Waals surface area contributed by atoms with Crippen LogP contribution in [-0.4, -0.2) is 16.8 Å². The molecule has 0 saturated heterocycles. The molecule has 6 heteroatoms. The van der Waals surface area contributed by atoms with E-state index in [0.29, 0.717) is 6.61 Å². The highest BCUT2D eigenvalue weighted by Gasteiger charge is 2.26. The number of hydrogen-bond donors (Lipinski definition) is 1. The summed E-state index contributed by atoms with van der Waals surface area (Å²) in [5.74, 6) is 1.52. The lowest BCUT2D eigenvalue weighted by atomic mass is 10.3. The minimum atomic E-state index is -0.204. The zero-order valence-corrected chi connectivity index (χ0v) is 11.4. The van der Waals surface area contributed by atoms with Gasteiger partial charge in [0.25, 0.3) is 0 Å². The van der Waals surface area contributed by atoms with E-state index in [1.807, 2.05) is 31.2 Å². The number of fused-ring (bicyclic) bond motifs is 1. The highest BCUT2D eigenvalue weighted by atomic mass is 32.1. The Morgan fingerprint density at radius 2 is 2.16 bits per heavy atom. The van der Waals surface area contributed by atoms with Crippen LogP contribution in [0.5, 0.6) is 11.5 Å². The number of para-hydroxylation sites is 2. The smallest absolute Gasteiger partial charge is 0.186 e. The van der Waals surface area contributed by atoms with Crippen LogP contribution in [0.15, 0.2) is 24.3 Å². The van der Waals surface area contributed by atoms with Gasteiger partial charge in [0, 0.05) is 0 Å². The van der Waals surface area contributed by atoms with Crippen LogP contribution >= 0.6 is 11.3 Å². The third-order valence-electron chi connectivity index (χ3n) is 3.00. The van der Waals surface area contributed by atoms with E-state index >= 15 is 0 Å². The Morgan fingerprint density at radius 3 is 2.95 bits per heavy atom. The Morgan fingerprint density at radius 1 is 1.37 bits per heavy atom. The second kappa shape index (κ2) is 5.14. The van der Waals surface area contributed by atoms with Crippen LogP contribution in [0.1, 0.15) is 35.5 Å². The van der Waals surface area contributed by atoms with Gasteiger partial charge in [-0.2, -0.15) is 0 Å². The molecule has 2 aromatic rings. The molecule has 1 aromatic carbocycles. The predicted molar refractivity (Wildman–Crippen MR) is 72.4 cm³/mol. The van der Waals surface area contributed by atoms with E-state index in [0.717, 1.165) is 27.9 Å². The van der Waals surface area contributed by atoms with Crippen molar-refractivity contribution in [2.24, 2.45) is 5.73 Å².